The second kappa shape index (κ2) is 2.77. The smallest absolute Gasteiger partial charge is 0.180 e. The van der Waals surface area contributed by atoms with Gasteiger partial charge in [0.25, 0.3) is 0 Å². The van der Waals surface area contributed by atoms with Gasteiger partial charge in [0.05, 0.1) is 12.5 Å². The molecule has 0 aliphatic rings. The molecule has 0 radical (unpaired) electrons. The monoisotopic (exact) mass is 202 g/mol. The van der Waals surface area contributed by atoms with Gasteiger partial charge in [-0.3, -0.25) is 0 Å². The summed E-state index contributed by atoms with van der Waals surface area (Å²) in [7, 11) is 0. The maximum Gasteiger partial charge on any atom is 0.180 e. The summed E-state index contributed by atoms with van der Waals surface area (Å²) in [5, 5.41) is 0. The number of aromatic nitrogens is 4. The quantitative estimate of drug-likeness (QED) is 0.581. The molecule has 4 nitrogen and oxygen atoms in total. The zero-order valence-corrected chi connectivity index (χ0v) is 7.17. The number of fused-ring (bicyclic) bond motifs is 1. The van der Waals surface area contributed by atoms with Crippen LogP contribution in [0.5, 0.6) is 0 Å². The molecule has 0 amide bonds. The summed E-state index contributed by atoms with van der Waals surface area (Å²) in [5.41, 5.74) is 1.59. The van der Waals surface area contributed by atoms with Crippen molar-refractivity contribution in [2.24, 2.45) is 0 Å². The molecule has 2 rings (SSSR count). The fraction of sp³-hybridized carbons (Fsp3) is 0. The van der Waals surface area contributed by atoms with Crippen LogP contribution < -0.4 is 0 Å². The molecular weight excluding hydrogens is 195 g/mol. The van der Waals surface area contributed by atoms with Crippen molar-refractivity contribution in [3.63, 3.8) is 0 Å². The van der Waals surface area contributed by atoms with Gasteiger partial charge >= 0.3 is 17.1 Å². The first kappa shape index (κ1) is 7.18. The van der Waals surface area contributed by atoms with E-state index in [2.05, 4.69) is 19.9 Å². The van der Waals surface area contributed by atoms with Crippen LogP contribution in [0.1, 0.15) is 0 Å². The molecule has 0 aliphatic carbocycles. The summed E-state index contributed by atoms with van der Waals surface area (Å²) >= 11 is 0. The van der Waals surface area contributed by atoms with Gasteiger partial charge in [0.1, 0.15) is 11.8 Å². The van der Waals surface area contributed by atoms with E-state index in [0.29, 0.717) is 5.65 Å². The van der Waals surface area contributed by atoms with Gasteiger partial charge in [0.2, 0.25) is 0 Å². The summed E-state index contributed by atoms with van der Waals surface area (Å²) in [6.45, 7) is 0. The number of nitrogens with zero attached hydrogens (tertiary/aromatic N) is 3. The minimum Gasteiger partial charge on any atom is -0.342 e. The molecule has 2 aromatic rings. The van der Waals surface area contributed by atoms with Gasteiger partial charge in [-0.2, -0.15) is 0 Å². The van der Waals surface area contributed by atoms with Gasteiger partial charge in [0, 0.05) is 0 Å². The summed E-state index contributed by atoms with van der Waals surface area (Å²) < 4.78 is 0. The topological polar surface area (TPSA) is 54.5 Å². The third-order valence-electron chi connectivity index (χ3n) is 1.10. The third kappa shape index (κ3) is 1.01. The molecule has 10 heavy (non-hydrogen) atoms. The predicted octanol–water partition coefficient (Wildman–Crippen LogP) is -0.563. The van der Waals surface area contributed by atoms with Crippen LogP contribution in [0.3, 0.4) is 0 Å². The molecule has 0 fully saturated rings. The second-order valence-electron chi connectivity index (χ2n) is 1.66. The van der Waals surface area contributed by atoms with Crippen molar-refractivity contribution in [3.8, 4) is 0 Å². The average Bonchev–Trinajstić information content (AvgIpc) is 2.33. The maximum atomic E-state index is 3.91. The van der Waals surface area contributed by atoms with Gasteiger partial charge in [-0.25, -0.2) is 15.0 Å². The second-order valence-corrected chi connectivity index (χ2v) is 1.66. The van der Waals surface area contributed by atoms with Crippen molar-refractivity contribution < 1.29 is 0 Å². The molecule has 0 saturated heterocycles. The summed E-state index contributed by atoms with van der Waals surface area (Å²) in [5.74, 6) is 0. The van der Waals surface area contributed by atoms with Crippen molar-refractivity contribution in [3.05, 3.63) is 18.9 Å². The zero-order chi connectivity index (χ0) is 6.10. The van der Waals surface area contributed by atoms with Crippen LogP contribution in [0.25, 0.3) is 11.2 Å². The first-order valence-corrected chi connectivity index (χ1v) is 2.56. The Balaban J connectivity index is 0.000000500. The number of H-pyrrole nitrogens is 1. The van der Waals surface area contributed by atoms with Crippen molar-refractivity contribution in [1.29, 1.82) is 0 Å². The van der Waals surface area contributed by atoms with Crippen LogP contribution >= 0.6 is 0 Å². The van der Waals surface area contributed by atoms with Gasteiger partial charge < -0.3 is 4.98 Å². The van der Waals surface area contributed by atoms with Crippen LogP contribution in [0, 0.1) is 0 Å². The number of hydrogen-bond donors (Lipinski definition) is 1. The number of hydrogen-bond acceptors (Lipinski definition) is 3. The molecule has 2 aromatic heterocycles. The third-order valence-corrected chi connectivity index (χ3v) is 1.10. The molecule has 0 saturated carbocycles. The molecule has 0 aromatic carbocycles. The predicted molar refractivity (Wildman–Crippen MR) is 40.2 cm³/mol. The summed E-state index contributed by atoms with van der Waals surface area (Å²) in [6, 6.07) is 0. The minimum atomic E-state index is 0. The fourth-order valence-corrected chi connectivity index (χ4v) is 0.691. The van der Waals surface area contributed by atoms with E-state index in [9.17, 15) is 0 Å². The zero-order valence-electron chi connectivity index (χ0n) is 5.07. The number of nitrogens with one attached hydrogen (secondary N) is 1. The molecule has 2 heterocycles. The molecule has 5 heteroatoms. The standard InChI is InChI=1S/C5H4N4.H2Se/c1-4-5(8-2-6-1)9-3-7-4;/h1-3H,(H,6,7,8,9);1H2. The minimum absolute atomic E-state index is 0. The Morgan fingerprint density at radius 3 is 3.00 bits per heavy atom. The SMILES string of the molecule is [SeH2].c1ncc2[nH]cnc2n1. The largest absolute Gasteiger partial charge is 0.342 e. The van der Waals surface area contributed by atoms with E-state index in [1.54, 1.807) is 12.5 Å². The van der Waals surface area contributed by atoms with E-state index in [0.717, 1.165) is 5.52 Å². The first-order chi connectivity index (χ1) is 4.47. The number of aromatic amines is 1. The Labute approximate surface area is 67.6 Å². The van der Waals surface area contributed by atoms with Crippen LogP contribution in [0.4, 0.5) is 0 Å². The number of imidazole rings is 1. The van der Waals surface area contributed by atoms with Crippen LogP contribution in [0.2, 0.25) is 0 Å². The molecule has 0 unspecified atom stereocenters. The van der Waals surface area contributed by atoms with Crippen LogP contribution in [-0.2, 0) is 0 Å². The van der Waals surface area contributed by atoms with Crippen LogP contribution in [-0.4, -0.2) is 37.0 Å². The Hall–Kier alpha value is -0.931. The Kier molecular flexibility index (Phi) is 1.99. The van der Waals surface area contributed by atoms with Gasteiger partial charge in [0.15, 0.2) is 5.65 Å². The normalized spacial score (nSPS) is 9.20. The van der Waals surface area contributed by atoms with E-state index < -0.39 is 0 Å². The van der Waals surface area contributed by atoms with Crippen LogP contribution in [0.15, 0.2) is 18.9 Å². The Morgan fingerprint density at radius 1 is 1.30 bits per heavy atom. The van der Waals surface area contributed by atoms with E-state index in [-0.39, 0.29) is 17.1 Å². The first-order valence-electron chi connectivity index (χ1n) is 2.56. The molecule has 0 aliphatic heterocycles. The van der Waals surface area contributed by atoms with Crippen molar-refractivity contribution in [2.75, 3.05) is 0 Å². The van der Waals surface area contributed by atoms with E-state index in [1.165, 1.54) is 6.33 Å². The number of rotatable bonds is 0. The van der Waals surface area contributed by atoms with E-state index >= 15 is 0 Å². The average molecular weight is 201 g/mol. The van der Waals surface area contributed by atoms with Crippen molar-refractivity contribution >= 4 is 28.2 Å². The summed E-state index contributed by atoms with van der Waals surface area (Å²) in [4.78, 5) is 14.5. The van der Waals surface area contributed by atoms with Gasteiger partial charge in [-0.05, 0) is 0 Å². The van der Waals surface area contributed by atoms with Gasteiger partial charge in [-0.15, -0.1) is 0 Å². The van der Waals surface area contributed by atoms with E-state index in [1.807, 2.05) is 0 Å². The Morgan fingerprint density at radius 2 is 2.20 bits per heavy atom. The molecule has 52 valence electrons. The molecular formula is C5H6N4Se. The van der Waals surface area contributed by atoms with E-state index in [4.69, 9.17) is 0 Å². The van der Waals surface area contributed by atoms with Crippen molar-refractivity contribution in [1.82, 2.24) is 19.9 Å². The molecule has 0 atom stereocenters. The maximum absolute atomic E-state index is 3.91. The van der Waals surface area contributed by atoms with Crippen molar-refractivity contribution in [2.45, 2.75) is 0 Å². The fourth-order valence-electron chi connectivity index (χ4n) is 0.691. The molecule has 0 bridgehead atoms. The van der Waals surface area contributed by atoms with Gasteiger partial charge in [-0.1, -0.05) is 0 Å². The molecule has 0 spiro atoms. The molecule has 1 N–H and O–H groups in total. The summed E-state index contributed by atoms with van der Waals surface area (Å²) in [6.07, 6.45) is 4.76. The Bertz CT molecular complexity index is 288.